The molecule has 0 radical (unpaired) electrons. The van der Waals surface area contributed by atoms with Crippen LogP contribution in [0.1, 0.15) is 326 Å². The Balaban J connectivity index is 1.73. The molecule has 0 aliphatic carbocycles. The number of nitrogens with zero attached hydrogens (tertiary/aromatic N) is 3. The third-order valence-electron chi connectivity index (χ3n) is 20.6. The number of aromatic nitrogens is 4. The molecule has 0 saturated carbocycles. The fourth-order valence-corrected chi connectivity index (χ4v) is 14.5. The van der Waals surface area contributed by atoms with Gasteiger partial charge in [0.05, 0.1) is 25.1 Å². The molecule has 2 heterocycles. The highest BCUT2D eigenvalue weighted by Crippen LogP contribution is 2.22. The quantitative estimate of drug-likeness (QED) is 0.0142. The number of anilines is 2. The summed E-state index contributed by atoms with van der Waals surface area (Å²) in [6.45, 7) is 7.18. The highest BCUT2D eigenvalue weighted by atomic mass is 32.2. The maximum Gasteiger partial charge on any atom is 0.328 e. The first-order valence-electron chi connectivity index (χ1n) is 43.2. The number of H-pyrrole nitrogens is 1. The molecule has 3 rings (SSSR count). The van der Waals surface area contributed by atoms with E-state index in [2.05, 4.69) is 62.3 Å². The zero-order chi connectivity index (χ0) is 82.6. The number of hydrogen-bond donors (Lipinski definition) is 13. The van der Waals surface area contributed by atoms with E-state index in [1.165, 1.54) is 132 Å². The number of imidazole rings is 1. The van der Waals surface area contributed by atoms with E-state index in [4.69, 9.17) is 38.1 Å². The van der Waals surface area contributed by atoms with Crippen LogP contribution in [0.25, 0.3) is 11.2 Å². The minimum Gasteiger partial charge on any atom is -0.480 e. The largest absolute Gasteiger partial charge is 0.480 e. The lowest BCUT2D eigenvalue weighted by Gasteiger charge is -2.27. The van der Waals surface area contributed by atoms with Crippen molar-refractivity contribution in [3.05, 3.63) is 45.9 Å². The number of esters is 2. The Morgan fingerprint density at radius 2 is 0.947 bits per heavy atom. The van der Waals surface area contributed by atoms with E-state index in [1.807, 2.05) is 0 Å². The molecule has 3 aromatic rings. The number of aliphatic carboxylic acids is 1. The number of nitrogens with one attached hydrogen (secondary N) is 6. The summed E-state index contributed by atoms with van der Waals surface area (Å²) in [7, 11) is 0. The molecule has 642 valence electrons. The van der Waals surface area contributed by atoms with Crippen molar-refractivity contribution >= 4 is 87.8 Å². The number of aromatic amines is 1. The molecule has 7 atom stereocenters. The molecule has 28 nitrogen and oxygen atoms in total. The van der Waals surface area contributed by atoms with Crippen molar-refractivity contribution < 1.29 is 62.8 Å². The zero-order valence-corrected chi connectivity index (χ0v) is 69.8. The first-order chi connectivity index (χ1) is 54.7. The summed E-state index contributed by atoms with van der Waals surface area (Å²) in [5.41, 5.74) is 31.4. The number of amides is 4. The van der Waals surface area contributed by atoms with E-state index in [0.717, 1.165) is 56.9 Å². The highest BCUT2D eigenvalue weighted by molar-refractivity contribution is 7.99. The SMILES string of the molecule is CCCCCCCCCCCCCCCC(=O)OCC(CSC[C@H](N)C(=O)C[C@@H](CO)C(=O)N[C@@H](CCCCN)C(=O)N[C@@H](CCCCCC(=O)c1ccc(Cn2c(=O)[nH]c3c(N)nc(NCCCC)nc32)cc1)C(=O)N[C@@H](CCCCN)C(=O)N[C@@H](CCCCN)C(=O)O)OC(=O)CCCCCCCCCCCCCCC. The molecule has 0 aliphatic rings. The lowest BCUT2D eigenvalue weighted by atomic mass is 9.98. The van der Waals surface area contributed by atoms with Crippen LogP contribution in [0.4, 0.5) is 11.8 Å². The van der Waals surface area contributed by atoms with E-state index in [-0.39, 0.29) is 107 Å². The monoisotopic (exact) mass is 1610 g/mol. The van der Waals surface area contributed by atoms with Gasteiger partial charge in [0.15, 0.2) is 23.0 Å². The number of ether oxygens (including phenoxy) is 2. The van der Waals surface area contributed by atoms with Gasteiger partial charge in [-0.05, 0) is 115 Å². The number of carboxylic acids is 1. The standard InChI is InChI=1S/C84H146N14O14S/c1-4-7-10-12-14-16-18-20-22-24-26-28-33-46-73(102)111-59-65(112-74(103)47-34-29-27-25-23-21-19-17-15-13-11-8-5-2)60-113-61-66(88)72(101)56-64(58-99)78(104)91-67(42-35-38-52-85)79(105)92-68(80(106)93-69(43-36-39-53-86)81(107)94-70(82(108)109)44-37-40-54-87)41-31-30-32-45-71(100)63-50-48-62(49-51-63)57-98-77-75(95-84(98)110)76(89)96-83(97-77)90-55-9-6-3/h48-51,64-70,99H,4-47,52-61,85-88H2,1-3H3,(H,91,104)(H,92,105)(H,93,106)(H,94,107)(H,95,110)(H,108,109)(H3,89,90,96,97)/t64-,65?,66-,67-,68-,69-,70-/m0/s1. The molecule has 0 fully saturated rings. The molecule has 113 heavy (non-hydrogen) atoms. The lowest BCUT2D eigenvalue weighted by molar-refractivity contribution is -0.157. The summed E-state index contributed by atoms with van der Waals surface area (Å²) in [6.07, 6.45) is 35.3. The number of nitrogens with two attached hydrogens (primary N) is 5. The maximum absolute atomic E-state index is 14.6. The number of carbonyl (C=O) groups is 9. The fourth-order valence-electron chi connectivity index (χ4n) is 13.5. The predicted octanol–water partition coefficient (Wildman–Crippen LogP) is 11.6. The van der Waals surface area contributed by atoms with Crippen LogP contribution >= 0.6 is 11.8 Å². The van der Waals surface area contributed by atoms with Gasteiger partial charge >= 0.3 is 23.6 Å². The summed E-state index contributed by atoms with van der Waals surface area (Å²) >= 11 is 1.22. The number of thioether (sulfide) groups is 1. The number of fused-ring (bicyclic) bond motifs is 1. The molecule has 0 spiro atoms. The smallest absolute Gasteiger partial charge is 0.328 e. The Bertz CT molecular complexity index is 3210. The lowest BCUT2D eigenvalue weighted by Crippen LogP contribution is -2.58. The maximum atomic E-state index is 14.6. The topological polar surface area (TPSA) is 466 Å². The van der Waals surface area contributed by atoms with Gasteiger partial charge in [0, 0.05) is 49.3 Å². The van der Waals surface area contributed by atoms with Gasteiger partial charge in [-0.25, -0.2) is 9.59 Å². The second-order valence-electron chi connectivity index (χ2n) is 30.6. The number of hydrogen-bond acceptors (Lipinski definition) is 22. The van der Waals surface area contributed by atoms with Crippen molar-refractivity contribution in [3.8, 4) is 0 Å². The first-order valence-corrected chi connectivity index (χ1v) is 44.4. The summed E-state index contributed by atoms with van der Waals surface area (Å²) in [6, 6.07) is 0.531. The van der Waals surface area contributed by atoms with Crippen molar-refractivity contribution in [2.45, 2.75) is 353 Å². The second kappa shape index (κ2) is 63.2. The average molecular weight is 1610 g/mol. The molecule has 0 aliphatic heterocycles. The van der Waals surface area contributed by atoms with Gasteiger partial charge in [0.25, 0.3) is 0 Å². The number of unbranched alkanes of at least 4 members (excludes halogenated alkanes) is 30. The van der Waals surface area contributed by atoms with E-state index < -0.39 is 102 Å². The number of benzene rings is 1. The van der Waals surface area contributed by atoms with Gasteiger partial charge in [-0.2, -0.15) is 21.7 Å². The molecule has 1 unspecified atom stereocenters. The molecule has 18 N–H and O–H groups in total. The normalized spacial score (nSPS) is 13.3. The number of carbonyl (C=O) groups excluding carboxylic acids is 8. The minimum absolute atomic E-state index is 0.00494. The van der Waals surface area contributed by atoms with Crippen molar-refractivity contribution in [3.63, 3.8) is 0 Å². The number of ketones is 2. The highest BCUT2D eigenvalue weighted by Gasteiger charge is 2.34. The molecule has 1 aromatic carbocycles. The zero-order valence-electron chi connectivity index (χ0n) is 69.0. The summed E-state index contributed by atoms with van der Waals surface area (Å²) in [4.78, 5) is 148. The Morgan fingerprint density at radius 3 is 1.42 bits per heavy atom. The molecule has 2 aromatic heterocycles. The van der Waals surface area contributed by atoms with Crippen LogP contribution in [0.2, 0.25) is 0 Å². The Hall–Kier alpha value is -7.05. The van der Waals surface area contributed by atoms with Crippen molar-refractivity contribution in [1.82, 2.24) is 40.8 Å². The fraction of sp³-hybridized carbons (Fsp3) is 0.762. The molecule has 29 heteroatoms. The number of carboxylic acid groups (broad SMARTS) is 1. The molecule has 0 bridgehead atoms. The number of rotatable bonds is 73. The third-order valence-corrected chi connectivity index (χ3v) is 21.8. The van der Waals surface area contributed by atoms with Crippen molar-refractivity contribution in [2.75, 3.05) is 61.9 Å². The minimum atomic E-state index is -1.35. The van der Waals surface area contributed by atoms with Crippen LogP contribution < -0.4 is 60.9 Å². The third kappa shape index (κ3) is 44.6. The van der Waals surface area contributed by atoms with E-state index in [0.29, 0.717) is 100.0 Å². The first kappa shape index (κ1) is 100. The van der Waals surface area contributed by atoms with Gasteiger partial charge in [-0.15, -0.1) is 0 Å². The van der Waals surface area contributed by atoms with Crippen LogP contribution in [-0.4, -0.2) is 170 Å². The van der Waals surface area contributed by atoms with Crippen LogP contribution in [0.3, 0.4) is 0 Å². The van der Waals surface area contributed by atoms with Crippen molar-refractivity contribution in [2.24, 2.45) is 28.9 Å². The van der Waals surface area contributed by atoms with Crippen LogP contribution in [-0.2, 0) is 54.4 Å². The Labute approximate surface area is 677 Å². The summed E-state index contributed by atoms with van der Waals surface area (Å²) in [5.74, 6) is -6.67. The van der Waals surface area contributed by atoms with Crippen LogP contribution in [0, 0.1) is 5.92 Å². The number of aliphatic hydroxyl groups excluding tert-OH is 1. The van der Waals surface area contributed by atoms with E-state index in [9.17, 15) is 58.2 Å². The van der Waals surface area contributed by atoms with Crippen LogP contribution in [0.15, 0.2) is 29.1 Å². The average Bonchev–Trinajstić information content (AvgIpc) is 1.64. The van der Waals surface area contributed by atoms with Crippen LogP contribution in [0.5, 0.6) is 0 Å². The Kier molecular flexibility index (Phi) is 56.0. The predicted molar refractivity (Wildman–Crippen MR) is 450 cm³/mol. The summed E-state index contributed by atoms with van der Waals surface area (Å²) < 4.78 is 13.0. The number of nitrogen functional groups attached to an aromatic ring is 1. The van der Waals surface area contributed by atoms with E-state index in [1.54, 1.807) is 24.3 Å². The van der Waals surface area contributed by atoms with Gasteiger partial charge in [0.1, 0.15) is 42.4 Å². The van der Waals surface area contributed by atoms with E-state index >= 15 is 0 Å². The van der Waals surface area contributed by atoms with Gasteiger partial charge in [-0.1, -0.05) is 218 Å². The molecule has 0 saturated heterocycles. The Morgan fingerprint density at radius 1 is 0.522 bits per heavy atom. The second-order valence-corrected chi connectivity index (χ2v) is 31.6. The van der Waals surface area contributed by atoms with Gasteiger partial charge in [-0.3, -0.25) is 42.9 Å². The van der Waals surface area contributed by atoms with Gasteiger partial charge in [0.2, 0.25) is 29.6 Å². The molecule has 4 amide bonds. The van der Waals surface area contributed by atoms with Gasteiger partial charge < -0.3 is 79.9 Å². The van der Waals surface area contributed by atoms with Crippen molar-refractivity contribution in [1.29, 1.82) is 0 Å². The number of aliphatic hydroxyl groups is 1. The number of Topliss-reactive ketones (excluding diaryl/α,β-unsaturated/α-hetero) is 2. The molecular weight excluding hydrogens is 1460 g/mol. The molecular formula is C84H146N14O14S. The summed E-state index contributed by atoms with van der Waals surface area (Å²) in [5, 5.41) is 34.6.